The van der Waals surface area contributed by atoms with E-state index >= 15 is 0 Å². The van der Waals surface area contributed by atoms with E-state index in [0.29, 0.717) is 0 Å². The summed E-state index contributed by atoms with van der Waals surface area (Å²) >= 11 is 0. The zero-order valence-corrected chi connectivity index (χ0v) is 28.9. The molecule has 0 aliphatic heterocycles. The van der Waals surface area contributed by atoms with Crippen molar-refractivity contribution >= 4 is 51.2 Å². The number of nitrogens with zero attached hydrogens (tertiary/aromatic N) is 1. The van der Waals surface area contributed by atoms with Crippen molar-refractivity contribution in [3.63, 3.8) is 0 Å². The second kappa shape index (κ2) is 11.6. The van der Waals surface area contributed by atoms with Crippen LogP contribution in [0.1, 0.15) is 33.4 Å². The van der Waals surface area contributed by atoms with Crippen LogP contribution in [0.3, 0.4) is 0 Å². The monoisotopic (exact) mass is 675 g/mol. The number of rotatable bonds is 4. The molecule has 53 heavy (non-hydrogen) atoms. The normalized spacial score (nSPS) is 13.4. The van der Waals surface area contributed by atoms with Gasteiger partial charge >= 0.3 is 0 Å². The average molecular weight is 676 g/mol. The van der Waals surface area contributed by atoms with Crippen molar-refractivity contribution in [1.29, 1.82) is 0 Å². The quantitative estimate of drug-likeness (QED) is 0.185. The molecule has 1 spiro atoms. The fourth-order valence-electron chi connectivity index (χ4n) is 9.10. The summed E-state index contributed by atoms with van der Waals surface area (Å²) in [5, 5.41) is 2.24. The Bertz CT molecular complexity index is 2860. The van der Waals surface area contributed by atoms with Crippen molar-refractivity contribution in [1.82, 2.24) is 0 Å². The average Bonchev–Trinajstić information content (AvgIpc) is 3.69. The maximum absolute atomic E-state index is 6.47. The molecule has 0 radical (unpaired) electrons. The number of benzene rings is 8. The molecule has 0 atom stereocenters. The molecule has 9 aromatic rings. The first-order valence-electron chi connectivity index (χ1n) is 18.3. The molecule has 2 aliphatic rings. The molecule has 2 aliphatic carbocycles. The molecule has 0 unspecified atom stereocenters. The van der Waals surface area contributed by atoms with E-state index in [4.69, 9.17) is 4.42 Å². The van der Waals surface area contributed by atoms with Gasteiger partial charge in [-0.1, -0.05) is 158 Å². The second-order valence-corrected chi connectivity index (χ2v) is 14.0. The predicted molar refractivity (Wildman–Crippen MR) is 220 cm³/mol. The van der Waals surface area contributed by atoms with Crippen LogP contribution in [-0.2, 0) is 5.41 Å². The molecule has 2 nitrogen and oxygen atoms in total. The highest BCUT2D eigenvalue weighted by Gasteiger charge is 2.48. The SMILES string of the molecule is C1=Cc2ccccc2C2(c3ccccc31)c1ccccc1-c1cc(N(c3ccc4c(c3)oc3ccccc34)c3ccccc3-c3ccccc3)ccc12. The maximum atomic E-state index is 6.47. The Morgan fingerprint density at radius 1 is 0.377 bits per heavy atom. The molecular formula is C51H33NO. The summed E-state index contributed by atoms with van der Waals surface area (Å²) in [5.74, 6) is 0. The first-order chi connectivity index (χ1) is 26.3. The van der Waals surface area contributed by atoms with Crippen molar-refractivity contribution in [3.8, 4) is 22.3 Å². The summed E-state index contributed by atoms with van der Waals surface area (Å²) < 4.78 is 6.47. The lowest BCUT2D eigenvalue weighted by molar-refractivity contribution is 0.669. The number of anilines is 3. The van der Waals surface area contributed by atoms with Gasteiger partial charge in [0.05, 0.1) is 11.1 Å². The number of hydrogen-bond acceptors (Lipinski definition) is 2. The van der Waals surface area contributed by atoms with Gasteiger partial charge in [-0.25, -0.2) is 0 Å². The minimum atomic E-state index is -0.471. The molecular weight excluding hydrogens is 643 g/mol. The van der Waals surface area contributed by atoms with E-state index in [9.17, 15) is 0 Å². The smallest absolute Gasteiger partial charge is 0.137 e. The van der Waals surface area contributed by atoms with Crippen LogP contribution in [-0.4, -0.2) is 0 Å². The van der Waals surface area contributed by atoms with Crippen LogP contribution in [0.2, 0.25) is 0 Å². The van der Waals surface area contributed by atoms with E-state index in [0.717, 1.165) is 44.6 Å². The fourth-order valence-corrected chi connectivity index (χ4v) is 9.10. The van der Waals surface area contributed by atoms with Crippen LogP contribution in [0.25, 0.3) is 56.3 Å². The van der Waals surface area contributed by atoms with Gasteiger partial charge in [-0.2, -0.15) is 0 Å². The number of furan rings is 1. The molecule has 248 valence electrons. The third-order valence-electron chi connectivity index (χ3n) is 11.3. The van der Waals surface area contributed by atoms with Crippen molar-refractivity contribution in [2.24, 2.45) is 0 Å². The highest BCUT2D eigenvalue weighted by atomic mass is 16.3. The van der Waals surface area contributed by atoms with Gasteiger partial charge in [-0.15, -0.1) is 0 Å². The topological polar surface area (TPSA) is 16.4 Å². The van der Waals surface area contributed by atoms with E-state index in [-0.39, 0.29) is 0 Å². The highest BCUT2D eigenvalue weighted by Crippen LogP contribution is 2.59. The van der Waals surface area contributed by atoms with Crippen molar-refractivity contribution < 1.29 is 4.42 Å². The molecule has 0 amide bonds. The molecule has 1 heterocycles. The Hall–Kier alpha value is -6.90. The predicted octanol–water partition coefficient (Wildman–Crippen LogP) is 13.6. The van der Waals surface area contributed by atoms with E-state index in [1.807, 2.05) is 12.1 Å². The second-order valence-electron chi connectivity index (χ2n) is 14.0. The molecule has 0 saturated heterocycles. The Morgan fingerprint density at radius 3 is 1.74 bits per heavy atom. The van der Waals surface area contributed by atoms with Crippen LogP contribution in [0.4, 0.5) is 17.1 Å². The largest absolute Gasteiger partial charge is 0.456 e. The van der Waals surface area contributed by atoms with Gasteiger partial charge in [0.2, 0.25) is 0 Å². The van der Waals surface area contributed by atoms with Gasteiger partial charge in [-0.05, 0) is 86.5 Å². The summed E-state index contributed by atoms with van der Waals surface area (Å²) in [5.41, 5.74) is 17.1. The first kappa shape index (κ1) is 29.8. The fraction of sp³-hybridized carbons (Fsp3) is 0.0196. The molecule has 2 heteroatoms. The third-order valence-corrected chi connectivity index (χ3v) is 11.3. The van der Waals surface area contributed by atoms with Gasteiger partial charge in [-0.3, -0.25) is 0 Å². The van der Waals surface area contributed by atoms with Crippen molar-refractivity contribution in [2.45, 2.75) is 5.41 Å². The van der Waals surface area contributed by atoms with Crippen LogP contribution < -0.4 is 4.90 Å². The lowest BCUT2D eigenvalue weighted by Crippen LogP contribution is -2.29. The lowest BCUT2D eigenvalue weighted by Gasteiger charge is -2.35. The van der Waals surface area contributed by atoms with Crippen LogP contribution >= 0.6 is 0 Å². The van der Waals surface area contributed by atoms with Gasteiger partial charge < -0.3 is 9.32 Å². The molecule has 11 rings (SSSR count). The van der Waals surface area contributed by atoms with E-state index in [1.54, 1.807) is 0 Å². The third kappa shape index (κ3) is 4.33. The Balaban J connectivity index is 1.19. The van der Waals surface area contributed by atoms with Gasteiger partial charge in [0.15, 0.2) is 0 Å². The van der Waals surface area contributed by atoms with Crippen molar-refractivity contribution in [2.75, 3.05) is 4.90 Å². The van der Waals surface area contributed by atoms with Gasteiger partial charge in [0, 0.05) is 33.8 Å². The van der Waals surface area contributed by atoms with E-state index < -0.39 is 5.41 Å². The molecule has 0 bridgehead atoms. The summed E-state index contributed by atoms with van der Waals surface area (Å²) in [6, 6.07) is 68.3. The Kier molecular flexibility index (Phi) is 6.50. The van der Waals surface area contributed by atoms with Gasteiger partial charge in [0.25, 0.3) is 0 Å². The molecule has 0 fully saturated rings. The zero-order valence-electron chi connectivity index (χ0n) is 28.9. The van der Waals surface area contributed by atoms with Crippen LogP contribution in [0.5, 0.6) is 0 Å². The Morgan fingerprint density at radius 2 is 0.943 bits per heavy atom. The van der Waals surface area contributed by atoms with Crippen LogP contribution in [0.15, 0.2) is 192 Å². The van der Waals surface area contributed by atoms with E-state index in [2.05, 4.69) is 193 Å². The standard InChI is InChI=1S/C51H33NO/c1-2-14-34(15-3-1)39-18-7-12-24-48(39)52(38-28-30-42-41-20-8-13-25-49(41)53-50(42)33-38)37-29-31-47-43(32-37)40-19-6-11-23-46(40)51(47)44-21-9-4-16-35(44)26-27-36-17-5-10-22-45(36)51/h1-33H. The summed E-state index contributed by atoms with van der Waals surface area (Å²) in [6.07, 6.45) is 4.57. The lowest BCUT2D eigenvalue weighted by atomic mass is 9.66. The summed E-state index contributed by atoms with van der Waals surface area (Å²) in [7, 11) is 0. The number of para-hydroxylation sites is 2. The van der Waals surface area contributed by atoms with Gasteiger partial charge in [0.1, 0.15) is 11.2 Å². The Labute approximate surface area is 308 Å². The van der Waals surface area contributed by atoms with Crippen LogP contribution in [0, 0.1) is 0 Å². The van der Waals surface area contributed by atoms with Crippen molar-refractivity contribution in [3.05, 3.63) is 221 Å². The molecule has 0 saturated carbocycles. The number of fused-ring (bicyclic) bond motifs is 12. The maximum Gasteiger partial charge on any atom is 0.137 e. The minimum Gasteiger partial charge on any atom is -0.456 e. The van der Waals surface area contributed by atoms with E-state index in [1.165, 1.54) is 50.1 Å². The molecule has 1 aromatic heterocycles. The molecule has 8 aromatic carbocycles. The highest BCUT2D eigenvalue weighted by molar-refractivity contribution is 6.06. The summed E-state index contributed by atoms with van der Waals surface area (Å²) in [4.78, 5) is 2.40. The minimum absolute atomic E-state index is 0.471. The number of hydrogen-bond donors (Lipinski definition) is 0. The summed E-state index contributed by atoms with van der Waals surface area (Å²) in [6.45, 7) is 0. The zero-order chi connectivity index (χ0) is 34.9. The molecule has 0 N–H and O–H groups in total. The first-order valence-corrected chi connectivity index (χ1v) is 18.3.